The lowest BCUT2D eigenvalue weighted by Gasteiger charge is -2.23. The van der Waals surface area contributed by atoms with Crippen LogP contribution in [0.25, 0.3) is 0 Å². The predicted octanol–water partition coefficient (Wildman–Crippen LogP) is 2.81. The number of rotatable bonds is 8. The lowest BCUT2D eigenvalue weighted by molar-refractivity contribution is -0.145. The van der Waals surface area contributed by atoms with Crippen molar-refractivity contribution in [2.24, 2.45) is 0 Å². The van der Waals surface area contributed by atoms with Crippen molar-refractivity contribution in [2.45, 2.75) is 45.3 Å². The molecule has 6 heteroatoms. The van der Waals surface area contributed by atoms with Crippen LogP contribution in [-0.2, 0) is 25.5 Å². The van der Waals surface area contributed by atoms with Gasteiger partial charge in [-0.15, -0.1) is 0 Å². The Morgan fingerprint density at radius 3 is 2.40 bits per heavy atom. The van der Waals surface area contributed by atoms with Crippen molar-refractivity contribution >= 4 is 17.8 Å². The van der Waals surface area contributed by atoms with Crippen LogP contribution in [0.1, 0.15) is 32.8 Å². The first-order valence-electron chi connectivity index (χ1n) is 8.04. The summed E-state index contributed by atoms with van der Waals surface area (Å²) in [5.41, 5.74) is 0.171. The first-order chi connectivity index (χ1) is 11.7. The van der Waals surface area contributed by atoms with Gasteiger partial charge in [0.25, 0.3) is 0 Å². The highest BCUT2D eigenvalue weighted by molar-refractivity contribution is 5.99. The van der Waals surface area contributed by atoms with E-state index in [0.717, 1.165) is 5.56 Å². The third-order valence-corrected chi connectivity index (χ3v) is 3.04. The van der Waals surface area contributed by atoms with E-state index < -0.39 is 35.9 Å². The van der Waals surface area contributed by atoms with E-state index >= 15 is 0 Å². The molecular formula is C19H25NO5. The van der Waals surface area contributed by atoms with Gasteiger partial charge in [0.05, 0.1) is 6.04 Å². The number of carbonyl (C=O) groups excluding carboxylic acids is 3. The Morgan fingerprint density at radius 2 is 1.84 bits per heavy atom. The van der Waals surface area contributed by atoms with Crippen molar-refractivity contribution in [2.75, 3.05) is 6.61 Å². The van der Waals surface area contributed by atoms with Gasteiger partial charge in [0.15, 0.2) is 5.78 Å². The molecule has 136 valence electrons. The zero-order valence-corrected chi connectivity index (χ0v) is 14.9. The SMILES string of the molecule is C=CCOC(=O)CC(=O)C(Cc1ccccc1)NC(=O)OC(C)(C)C. The first kappa shape index (κ1) is 20.4. The van der Waals surface area contributed by atoms with Gasteiger partial charge in [-0.25, -0.2) is 4.79 Å². The van der Waals surface area contributed by atoms with Gasteiger partial charge in [-0.3, -0.25) is 9.59 Å². The molecule has 1 rings (SSSR count). The zero-order chi connectivity index (χ0) is 18.9. The summed E-state index contributed by atoms with van der Waals surface area (Å²) >= 11 is 0. The van der Waals surface area contributed by atoms with Crippen LogP contribution in [0.2, 0.25) is 0 Å². The molecule has 1 atom stereocenters. The van der Waals surface area contributed by atoms with Crippen LogP contribution in [0, 0.1) is 0 Å². The molecule has 0 fully saturated rings. The van der Waals surface area contributed by atoms with Crippen LogP contribution in [0.3, 0.4) is 0 Å². The largest absolute Gasteiger partial charge is 0.461 e. The fourth-order valence-corrected chi connectivity index (χ4v) is 2.01. The van der Waals surface area contributed by atoms with Crippen LogP contribution in [-0.4, -0.2) is 36.1 Å². The molecule has 0 radical (unpaired) electrons. The maximum absolute atomic E-state index is 12.4. The second-order valence-electron chi connectivity index (χ2n) is 6.50. The summed E-state index contributed by atoms with van der Waals surface area (Å²) in [6.45, 7) is 8.67. The maximum atomic E-state index is 12.4. The number of alkyl carbamates (subject to hydrolysis) is 1. The van der Waals surface area contributed by atoms with Gasteiger partial charge >= 0.3 is 12.1 Å². The van der Waals surface area contributed by atoms with E-state index in [1.165, 1.54) is 6.08 Å². The van der Waals surface area contributed by atoms with E-state index in [2.05, 4.69) is 11.9 Å². The summed E-state index contributed by atoms with van der Waals surface area (Å²) in [5, 5.41) is 2.54. The minimum Gasteiger partial charge on any atom is -0.461 e. The molecule has 1 amide bonds. The number of ketones is 1. The van der Waals surface area contributed by atoms with Crippen molar-refractivity contribution in [3.05, 3.63) is 48.6 Å². The molecule has 6 nitrogen and oxygen atoms in total. The molecule has 25 heavy (non-hydrogen) atoms. The third kappa shape index (κ3) is 8.69. The highest BCUT2D eigenvalue weighted by Gasteiger charge is 2.26. The second kappa shape index (κ2) is 9.61. The summed E-state index contributed by atoms with van der Waals surface area (Å²) in [6, 6.07) is 8.33. The molecule has 0 heterocycles. The van der Waals surface area contributed by atoms with E-state index in [9.17, 15) is 14.4 Å². The van der Waals surface area contributed by atoms with Crippen LogP contribution in [0.4, 0.5) is 4.79 Å². The van der Waals surface area contributed by atoms with Crippen molar-refractivity contribution in [1.82, 2.24) is 5.32 Å². The third-order valence-electron chi connectivity index (χ3n) is 3.04. The van der Waals surface area contributed by atoms with Crippen LogP contribution < -0.4 is 5.32 Å². The number of amides is 1. The van der Waals surface area contributed by atoms with Gasteiger partial charge in [0, 0.05) is 0 Å². The molecule has 0 bridgehead atoms. The average Bonchev–Trinajstić information content (AvgIpc) is 2.51. The average molecular weight is 347 g/mol. The standard InChI is InChI=1S/C19H25NO5/c1-5-11-24-17(22)13-16(21)15(12-14-9-7-6-8-10-14)20-18(23)25-19(2,3)4/h5-10,15H,1,11-13H2,2-4H3,(H,20,23). The zero-order valence-electron chi connectivity index (χ0n) is 14.9. The van der Waals surface area contributed by atoms with Crippen LogP contribution >= 0.6 is 0 Å². The monoisotopic (exact) mass is 347 g/mol. The van der Waals surface area contributed by atoms with Crippen molar-refractivity contribution < 1.29 is 23.9 Å². The molecule has 1 unspecified atom stereocenters. The van der Waals surface area contributed by atoms with E-state index in [1.807, 2.05) is 30.3 Å². The van der Waals surface area contributed by atoms with Crippen molar-refractivity contribution in [3.63, 3.8) is 0 Å². The quantitative estimate of drug-likeness (QED) is 0.444. The van der Waals surface area contributed by atoms with Crippen molar-refractivity contribution in [3.8, 4) is 0 Å². The van der Waals surface area contributed by atoms with E-state index in [4.69, 9.17) is 9.47 Å². The molecular weight excluding hydrogens is 322 g/mol. The van der Waals surface area contributed by atoms with Crippen LogP contribution in [0.15, 0.2) is 43.0 Å². The minimum absolute atomic E-state index is 0.0367. The number of hydrogen-bond donors (Lipinski definition) is 1. The smallest absolute Gasteiger partial charge is 0.408 e. The number of ether oxygens (including phenoxy) is 2. The molecule has 0 aliphatic rings. The number of hydrogen-bond acceptors (Lipinski definition) is 5. The summed E-state index contributed by atoms with van der Waals surface area (Å²) in [7, 11) is 0. The molecule has 0 spiro atoms. The molecule has 0 aliphatic carbocycles. The van der Waals surface area contributed by atoms with Gasteiger partial charge in [-0.05, 0) is 32.8 Å². The molecule has 0 saturated carbocycles. The number of nitrogens with one attached hydrogen (secondary N) is 1. The molecule has 1 aromatic rings. The molecule has 0 saturated heterocycles. The van der Waals surface area contributed by atoms with E-state index in [0.29, 0.717) is 0 Å². The van der Waals surface area contributed by atoms with E-state index in [-0.39, 0.29) is 13.0 Å². The Bertz CT molecular complexity index is 604. The number of carbonyl (C=O) groups is 3. The number of benzene rings is 1. The van der Waals surface area contributed by atoms with Gasteiger partial charge in [-0.1, -0.05) is 43.0 Å². The van der Waals surface area contributed by atoms with Crippen molar-refractivity contribution in [1.29, 1.82) is 0 Å². The minimum atomic E-state index is -0.881. The van der Waals surface area contributed by atoms with Gasteiger partial charge in [0.2, 0.25) is 0 Å². The Labute approximate surface area is 148 Å². The molecule has 0 aliphatic heterocycles. The highest BCUT2D eigenvalue weighted by atomic mass is 16.6. The molecule has 0 aromatic heterocycles. The van der Waals surface area contributed by atoms with Crippen LogP contribution in [0.5, 0.6) is 0 Å². The topological polar surface area (TPSA) is 81.7 Å². The normalized spacial score (nSPS) is 12.0. The first-order valence-corrected chi connectivity index (χ1v) is 8.04. The summed E-state index contributed by atoms with van der Waals surface area (Å²) in [4.78, 5) is 36.1. The van der Waals surface area contributed by atoms with E-state index in [1.54, 1.807) is 20.8 Å². The summed E-state index contributed by atoms with van der Waals surface area (Å²) in [5.74, 6) is -1.10. The summed E-state index contributed by atoms with van der Waals surface area (Å²) < 4.78 is 10.0. The number of Topliss-reactive ketones (excluding diaryl/α,β-unsaturated/α-hetero) is 1. The fourth-order valence-electron chi connectivity index (χ4n) is 2.01. The lowest BCUT2D eigenvalue weighted by Crippen LogP contribution is -2.45. The summed E-state index contributed by atoms with van der Waals surface area (Å²) in [6.07, 6.45) is 0.540. The van der Waals surface area contributed by atoms with Gasteiger partial charge < -0.3 is 14.8 Å². The molecule has 1 N–H and O–H groups in total. The predicted molar refractivity (Wildman–Crippen MR) is 94.1 cm³/mol. The van der Waals surface area contributed by atoms with Gasteiger partial charge in [-0.2, -0.15) is 0 Å². The Balaban J connectivity index is 2.79. The Kier molecular flexibility index (Phi) is 7.85. The highest BCUT2D eigenvalue weighted by Crippen LogP contribution is 2.10. The molecule has 1 aromatic carbocycles. The fraction of sp³-hybridized carbons (Fsp3) is 0.421. The second-order valence-corrected chi connectivity index (χ2v) is 6.50. The van der Waals surface area contributed by atoms with Gasteiger partial charge in [0.1, 0.15) is 18.6 Å². The Hall–Kier alpha value is -2.63. The Morgan fingerprint density at radius 1 is 1.20 bits per heavy atom. The maximum Gasteiger partial charge on any atom is 0.408 e. The lowest BCUT2D eigenvalue weighted by atomic mass is 10.0. The number of esters is 1.